The fraction of sp³-hybridized carbons (Fsp3) is 0.278. The molecular weight excluding hydrogens is 406 g/mol. The summed E-state index contributed by atoms with van der Waals surface area (Å²) in [5, 5.41) is 10.8. The smallest absolute Gasteiger partial charge is 0.270 e. The van der Waals surface area contributed by atoms with E-state index in [1.807, 2.05) is 0 Å². The van der Waals surface area contributed by atoms with Gasteiger partial charge in [0.15, 0.2) is 0 Å². The van der Waals surface area contributed by atoms with E-state index in [0.29, 0.717) is 5.56 Å². The number of nitrogens with one attached hydrogen (secondary N) is 1. The van der Waals surface area contributed by atoms with E-state index in [-0.39, 0.29) is 22.3 Å². The maximum absolute atomic E-state index is 12.6. The lowest BCUT2D eigenvalue weighted by Gasteiger charge is -2.26. The lowest BCUT2D eigenvalue weighted by molar-refractivity contribution is -0.385. The third kappa shape index (κ3) is 4.42. The number of nitro benzene ring substituents is 1. The Hall–Kier alpha value is -2.65. The number of likely N-dealkylation sites (tertiary alicyclic amines) is 1. The number of benzene rings is 2. The zero-order valence-corrected chi connectivity index (χ0v) is 16.4. The van der Waals surface area contributed by atoms with Gasteiger partial charge in [0.2, 0.25) is 0 Å². The van der Waals surface area contributed by atoms with E-state index in [4.69, 9.17) is 11.6 Å². The van der Waals surface area contributed by atoms with E-state index < -0.39 is 19.8 Å². The fourth-order valence-electron chi connectivity index (χ4n) is 2.98. The first-order valence-corrected chi connectivity index (χ1v) is 10.5. The van der Waals surface area contributed by atoms with Crippen molar-refractivity contribution in [1.82, 2.24) is 4.90 Å². The average Bonchev–Trinajstić information content (AvgIpc) is 2.68. The van der Waals surface area contributed by atoms with Gasteiger partial charge in [-0.2, -0.15) is 0 Å². The minimum Gasteiger partial charge on any atom is -0.339 e. The Morgan fingerprint density at radius 1 is 1.07 bits per heavy atom. The Bertz CT molecular complexity index is 1000. The monoisotopic (exact) mass is 423 g/mol. The first-order valence-electron chi connectivity index (χ1n) is 8.64. The summed E-state index contributed by atoms with van der Waals surface area (Å²) in [5.41, 5.74) is 0.309. The molecule has 1 saturated heterocycles. The number of carbonyl (C=O) groups is 1. The van der Waals surface area contributed by atoms with Crippen molar-refractivity contribution < 1.29 is 18.1 Å². The quantitative estimate of drug-likeness (QED) is 0.582. The molecule has 0 bridgehead atoms. The van der Waals surface area contributed by atoms with Crippen molar-refractivity contribution in [3.63, 3.8) is 0 Å². The van der Waals surface area contributed by atoms with Gasteiger partial charge < -0.3 is 4.90 Å². The van der Waals surface area contributed by atoms with E-state index in [9.17, 15) is 23.3 Å². The van der Waals surface area contributed by atoms with Crippen LogP contribution in [0.2, 0.25) is 5.02 Å². The Morgan fingerprint density at radius 3 is 2.32 bits per heavy atom. The maximum atomic E-state index is 12.6. The molecule has 2 aromatic carbocycles. The van der Waals surface area contributed by atoms with E-state index in [2.05, 4.69) is 4.72 Å². The van der Waals surface area contributed by atoms with Crippen LogP contribution in [-0.2, 0) is 10.0 Å². The van der Waals surface area contributed by atoms with Crippen LogP contribution in [0.3, 0.4) is 0 Å². The predicted molar refractivity (Wildman–Crippen MR) is 105 cm³/mol. The minimum atomic E-state index is -4.14. The first kappa shape index (κ1) is 20.1. The van der Waals surface area contributed by atoms with Gasteiger partial charge in [-0.05, 0) is 49.6 Å². The SMILES string of the molecule is O=C(c1ccc(NS(=O)(=O)c2cc([N+](=O)[O-])ccc2Cl)cc1)N1CCCCC1. The van der Waals surface area contributed by atoms with Crippen LogP contribution in [-0.4, -0.2) is 37.2 Å². The number of carbonyl (C=O) groups excluding carboxylic acids is 1. The summed E-state index contributed by atoms with van der Waals surface area (Å²) in [6, 6.07) is 9.23. The Kier molecular flexibility index (Phi) is 5.85. The van der Waals surface area contributed by atoms with Gasteiger partial charge in [-0.25, -0.2) is 8.42 Å². The topological polar surface area (TPSA) is 110 Å². The fourth-order valence-corrected chi connectivity index (χ4v) is 4.56. The van der Waals surface area contributed by atoms with Gasteiger partial charge in [0.05, 0.1) is 9.95 Å². The van der Waals surface area contributed by atoms with Gasteiger partial charge in [0.25, 0.3) is 21.6 Å². The van der Waals surface area contributed by atoms with Gasteiger partial charge >= 0.3 is 0 Å². The highest BCUT2D eigenvalue weighted by atomic mass is 35.5. The van der Waals surface area contributed by atoms with Crippen LogP contribution in [0.15, 0.2) is 47.4 Å². The molecule has 148 valence electrons. The molecule has 0 spiro atoms. The number of amides is 1. The number of halogens is 1. The molecule has 3 rings (SSSR count). The zero-order valence-electron chi connectivity index (χ0n) is 14.8. The van der Waals surface area contributed by atoms with Gasteiger partial charge in [-0.15, -0.1) is 0 Å². The molecular formula is C18H18ClN3O5S. The number of nitro groups is 1. The van der Waals surface area contributed by atoms with E-state index in [1.165, 1.54) is 12.1 Å². The molecule has 8 nitrogen and oxygen atoms in total. The lowest BCUT2D eigenvalue weighted by atomic mass is 10.1. The van der Waals surface area contributed by atoms with Gasteiger partial charge in [-0.1, -0.05) is 11.6 Å². The molecule has 1 heterocycles. The van der Waals surface area contributed by atoms with Crippen LogP contribution in [0.25, 0.3) is 0 Å². The molecule has 0 saturated carbocycles. The molecule has 1 aliphatic rings. The highest BCUT2D eigenvalue weighted by Gasteiger charge is 2.22. The average molecular weight is 424 g/mol. The van der Waals surface area contributed by atoms with Crippen LogP contribution in [0.4, 0.5) is 11.4 Å². The largest absolute Gasteiger partial charge is 0.339 e. The second-order valence-corrected chi connectivity index (χ2v) is 8.47. The summed E-state index contributed by atoms with van der Waals surface area (Å²) in [6.45, 7) is 1.44. The maximum Gasteiger partial charge on any atom is 0.270 e. The number of sulfonamides is 1. The summed E-state index contributed by atoms with van der Waals surface area (Å²) < 4.78 is 27.5. The highest BCUT2D eigenvalue weighted by molar-refractivity contribution is 7.92. The van der Waals surface area contributed by atoms with Gasteiger partial charge in [0, 0.05) is 36.5 Å². The predicted octanol–water partition coefficient (Wildman–Crippen LogP) is 3.68. The third-order valence-corrected chi connectivity index (χ3v) is 6.31. The minimum absolute atomic E-state index is 0.0872. The van der Waals surface area contributed by atoms with E-state index in [0.717, 1.165) is 50.6 Å². The standard InChI is InChI=1S/C18H18ClN3O5S/c19-16-9-8-15(22(24)25)12-17(16)28(26,27)20-14-6-4-13(5-7-14)18(23)21-10-2-1-3-11-21/h4-9,12,20H,1-3,10-11H2. The van der Waals surface area contributed by atoms with Crippen molar-refractivity contribution in [2.24, 2.45) is 0 Å². The Labute approximate surface area is 167 Å². The molecule has 1 fully saturated rings. The molecule has 0 atom stereocenters. The highest BCUT2D eigenvalue weighted by Crippen LogP contribution is 2.28. The van der Waals surface area contributed by atoms with E-state index >= 15 is 0 Å². The van der Waals surface area contributed by atoms with Crippen LogP contribution < -0.4 is 4.72 Å². The van der Waals surface area contributed by atoms with Crippen molar-refractivity contribution in [3.8, 4) is 0 Å². The Balaban J connectivity index is 1.79. The summed E-state index contributed by atoms with van der Waals surface area (Å²) in [5.74, 6) is -0.0872. The molecule has 0 aliphatic carbocycles. The molecule has 0 aromatic heterocycles. The molecule has 1 aliphatic heterocycles. The van der Waals surface area contributed by atoms with Crippen molar-refractivity contribution in [2.75, 3.05) is 17.8 Å². The normalized spacial score (nSPS) is 14.5. The number of non-ortho nitro benzene ring substituents is 1. The number of hydrogen-bond acceptors (Lipinski definition) is 5. The lowest BCUT2D eigenvalue weighted by Crippen LogP contribution is -2.35. The van der Waals surface area contributed by atoms with Crippen LogP contribution in [0.5, 0.6) is 0 Å². The van der Waals surface area contributed by atoms with Crippen molar-refractivity contribution >= 4 is 38.9 Å². The van der Waals surface area contributed by atoms with Gasteiger partial charge in [-0.3, -0.25) is 19.6 Å². The van der Waals surface area contributed by atoms with E-state index in [1.54, 1.807) is 17.0 Å². The summed E-state index contributed by atoms with van der Waals surface area (Å²) >= 11 is 5.91. The summed E-state index contributed by atoms with van der Waals surface area (Å²) in [6.07, 6.45) is 3.08. The second-order valence-electron chi connectivity index (χ2n) is 6.41. The second kappa shape index (κ2) is 8.15. The number of hydrogen-bond donors (Lipinski definition) is 1. The molecule has 10 heteroatoms. The van der Waals surface area contributed by atoms with Crippen molar-refractivity contribution in [2.45, 2.75) is 24.2 Å². The molecule has 28 heavy (non-hydrogen) atoms. The summed E-state index contributed by atoms with van der Waals surface area (Å²) in [7, 11) is -4.14. The Morgan fingerprint density at radius 2 is 1.71 bits per heavy atom. The van der Waals surface area contributed by atoms with Crippen molar-refractivity contribution in [1.29, 1.82) is 0 Å². The molecule has 1 amide bonds. The molecule has 2 aromatic rings. The zero-order chi connectivity index (χ0) is 20.3. The number of anilines is 1. The van der Waals surface area contributed by atoms with Gasteiger partial charge in [0.1, 0.15) is 4.90 Å². The number of rotatable bonds is 5. The van der Waals surface area contributed by atoms with Crippen LogP contribution in [0.1, 0.15) is 29.6 Å². The molecule has 0 unspecified atom stereocenters. The van der Waals surface area contributed by atoms with Crippen LogP contribution >= 0.6 is 11.6 Å². The number of piperidine rings is 1. The first-order chi connectivity index (χ1) is 13.3. The van der Waals surface area contributed by atoms with Crippen molar-refractivity contribution in [3.05, 3.63) is 63.2 Å². The van der Waals surface area contributed by atoms with Crippen LogP contribution in [0, 0.1) is 10.1 Å². The third-order valence-electron chi connectivity index (χ3n) is 4.44. The molecule has 0 radical (unpaired) electrons. The summed E-state index contributed by atoms with van der Waals surface area (Å²) in [4.78, 5) is 24.1. The number of nitrogens with zero attached hydrogens (tertiary/aromatic N) is 2. The molecule has 1 N–H and O–H groups in total.